The highest BCUT2D eigenvalue weighted by Crippen LogP contribution is 2.27. The van der Waals surface area contributed by atoms with E-state index < -0.39 is 10.0 Å². The van der Waals surface area contributed by atoms with Crippen LogP contribution < -0.4 is 9.88 Å². The minimum absolute atomic E-state index is 0.00361. The molecule has 2 aromatic rings. The summed E-state index contributed by atoms with van der Waals surface area (Å²) in [6, 6.07) is 6.42. The zero-order valence-electron chi connectivity index (χ0n) is 8.54. The number of methoxy groups -OCH3 is 1. The van der Waals surface area contributed by atoms with Crippen molar-refractivity contribution in [3.63, 3.8) is 0 Å². The van der Waals surface area contributed by atoms with Gasteiger partial charge in [0, 0.05) is 11.6 Å². The van der Waals surface area contributed by atoms with E-state index in [0.717, 1.165) is 0 Å². The fraction of sp³-hybridized carbons (Fsp3) is 0.100. The molecule has 5 nitrogen and oxygen atoms in total. The van der Waals surface area contributed by atoms with E-state index in [4.69, 9.17) is 9.88 Å². The van der Waals surface area contributed by atoms with Crippen molar-refractivity contribution in [2.24, 2.45) is 5.14 Å². The van der Waals surface area contributed by atoms with E-state index in [1.165, 1.54) is 19.4 Å². The summed E-state index contributed by atoms with van der Waals surface area (Å²) in [5, 5.41) is 5.73. The maximum absolute atomic E-state index is 11.3. The van der Waals surface area contributed by atoms with Crippen LogP contribution in [0, 0.1) is 0 Å². The molecule has 0 aliphatic heterocycles. The molecule has 0 fully saturated rings. The highest BCUT2D eigenvalue weighted by atomic mass is 32.2. The Morgan fingerprint density at radius 1 is 1.31 bits per heavy atom. The Hall–Kier alpha value is -1.66. The van der Waals surface area contributed by atoms with Crippen molar-refractivity contribution in [3.8, 4) is 5.75 Å². The van der Waals surface area contributed by atoms with Gasteiger partial charge in [-0.2, -0.15) is 0 Å². The fourth-order valence-electron chi connectivity index (χ4n) is 1.53. The van der Waals surface area contributed by atoms with Crippen LogP contribution in [0.25, 0.3) is 10.9 Å². The number of aromatic nitrogens is 1. The van der Waals surface area contributed by atoms with Crippen molar-refractivity contribution in [2.75, 3.05) is 7.11 Å². The zero-order chi connectivity index (χ0) is 11.8. The van der Waals surface area contributed by atoms with Crippen molar-refractivity contribution < 1.29 is 13.2 Å². The molecule has 16 heavy (non-hydrogen) atoms. The van der Waals surface area contributed by atoms with E-state index in [9.17, 15) is 8.42 Å². The van der Waals surface area contributed by atoms with E-state index >= 15 is 0 Å². The second kappa shape index (κ2) is 3.73. The third-order valence-corrected chi connectivity index (χ3v) is 3.16. The van der Waals surface area contributed by atoms with Gasteiger partial charge in [-0.25, -0.2) is 13.6 Å². The van der Waals surface area contributed by atoms with Gasteiger partial charge in [0.1, 0.15) is 10.6 Å². The van der Waals surface area contributed by atoms with E-state index in [1.54, 1.807) is 18.2 Å². The summed E-state index contributed by atoms with van der Waals surface area (Å²) in [6.07, 6.45) is 1.48. The Labute approximate surface area is 92.9 Å². The van der Waals surface area contributed by atoms with Gasteiger partial charge in [0.15, 0.2) is 0 Å². The molecule has 6 heteroatoms. The van der Waals surface area contributed by atoms with Crippen molar-refractivity contribution in [2.45, 2.75) is 4.90 Å². The fourth-order valence-corrected chi connectivity index (χ4v) is 2.23. The molecule has 0 saturated heterocycles. The number of fused-ring (bicyclic) bond motifs is 1. The second-order valence-electron chi connectivity index (χ2n) is 3.21. The summed E-state index contributed by atoms with van der Waals surface area (Å²) in [4.78, 5) is 4.02. The third-order valence-electron chi connectivity index (χ3n) is 2.22. The largest absolute Gasteiger partial charge is 0.496 e. The Balaban J connectivity index is 2.90. The Bertz CT molecular complexity index is 638. The predicted octanol–water partition coefficient (Wildman–Crippen LogP) is 0.891. The Morgan fingerprint density at radius 3 is 2.69 bits per heavy atom. The number of nitrogens with two attached hydrogens (primary N) is 1. The molecule has 0 bridgehead atoms. The van der Waals surface area contributed by atoms with Gasteiger partial charge in [0.2, 0.25) is 10.0 Å². The molecular weight excluding hydrogens is 228 g/mol. The van der Waals surface area contributed by atoms with E-state index in [0.29, 0.717) is 16.7 Å². The van der Waals surface area contributed by atoms with Gasteiger partial charge in [-0.05, 0) is 18.2 Å². The summed E-state index contributed by atoms with van der Waals surface area (Å²) >= 11 is 0. The lowest BCUT2D eigenvalue weighted by molar-refractivity contribution is 0.419. The lowest BCUT2D eigenvalue weighted by Gasteiger charge is -2.06. The van der Waals surface area contributed by atoms with E-state index in [-0.39, 0.29) is 4.90 Å². The molecule has 0 spiro atoms. The van der Waals surface area contributed by atoms with Gasteiger partial charge in [-0.1, -0.05) is 6.07 Å². The number of sulfonamides is 1. The standard InChI is InChI=1S/C10H10N2O3S/c1-15-8-5-6-12-10-7(8)3-2-4-9(10)16(11,13)14/h2-6H,1H3,(H2,11,13,14). The van der Waals surface area contributed by atoms with Gasteiger partial charge < -0.3 is 4.74 Å². The number of hydrogen-bond acceptors (Lipinski definition) is 4. The number of pyridine rings is 1. The number of para-hydroxylation sites is 1. The maximum atomic E-state index is 11.3. The van der Waals surface area contributed by atoms with Gasteiger partial charge in [0.25, 0.3) is 0 Å². The van der Waals surface area contributed by atoms with Gasteiger partial charge in [-0.15, -0.1) is 0 Å². The van der Waals surface area contributed by atoms with Crippen LogP contribution in [0.1, 0.15) is 0 Å². The summed E-state index contributed by atoms with van der Waals surface area (Å²) in [5.74, 6) is 0.565. The smallest absolute Gasteiger partial charge is 0.240 e. The maximum Gasteiger partial charge on any atom is 0.240 e. The van der Waals surface area contributed by atoms with Crippen LogP contribution in [0.5, 0.6) is 5.75 Å². The number of benzene rings is 1. The summed E-state index contributed by atoms with van der Waals surface area (Å²) in [6.45, 7) is 0. The lowest BCUT2D eigenvalue weighted by Crippen LogP contribution is -2.13. The van der Waals surface area contributed by atoms with Crippen LogP contribution in [0.15, 0.2) is 35.4 Å². The molecule has 1 aromatic carbocycles. The molecule has 0 unspecified atom stereocenters. The SMILES string of the molecule is COc1ccnc2c(S(N)(=O)=O)cccc12. The second-order valence-corrected chi connectivity index (χ2v) is 4.74. The van der Waals surface area contributed by atoms with Crippen LogP contribution in [0.4, 0.5) is 0 Å². The molecule has 0 radical (unpaired) electrons. The molecule has 84 valence electrons. The first-order valence-corrected chi connectivity index (χ1v) is 6.03. The summed E-state index contributed by atoms with van der Waals surface area (Å²) in [5.41, 5.74) is 0.323. The predicted molar refractivity (Wildman–Crippen MR) is 59.7 cm³/mol. The van der Waals surface area contributed by atoms with Crippen molar-refractivity contribution in [1.29, 1.82) is 0 Å². The molecule has 0 atom stereocenters. The van der Waals surface area contributed by atoms with Crippen LogP contribution in [-0.4, -0.2) is 20.5 Å². The first kappa shape index (κ1) is 10.8. The van der Waals surface area contributed by atoms with Crippen LogP contribution in [-0.2, 0) is 10.0 Å². The lowest BCUT2D eigenvalue weighted by atomic mass is 10.2. The Morgan fingerprint density at radius 2 is 2.06 bits per heavy atom. The summed E-state index contributed by atoms with van der Waals surface area (Å²) in [7, 11) is -2.26. The number of nitrogens with zero attached hydrogens (tertiary/aromatic N) is 1. The molecule has 1 heterocycles. The topological polar surface area (TPSA) is 82.3 Å². The molecular formula is C10H10N2O3S. The molecule has 0 aliphatic carbocycles. The minimum Gasteiger partial charge on any atom is -0.496 e. The van der Waals surface area contributed by atoms with Crippen molar-refractivity contribution in [1.82, 2.24) is 4.98 Å². The highest BCUT2D eigenvalue weighted by molar-refractivity contribution is 7.89. The highest BCUT2D eigenvalue weighted by Gasteiger charge is 2.14. The van der Waals surface area contributed by atoms with Crippen molar-refractivity contribution in [3.05, 3.63) is 30.5 Å². The molecule has 0 saturated carbocycles. The van der Waals surface area contributed by atoms with E-state index in [2.05, 4.69) is 4.98 Å². The number of ether oxygens (including phenoxy) is 1. The van der Waals surface area contributed by atoms with Crippen LogP contribution >= 0.6 is 0 Å². The average molecular weight is 238 g/mol. The van der Waals surface area contributed by atoms with Crippen LogP contribution in [0.3, 0.4) is 0 Å². The van der Waals surface area contributed by atoms with Gasteiger partial charge >= 0.3 is 0 Å². The molecule has 1 aromatic heterocycles. The van der Waals surface area contributed by atoms with Gasteiger partial charge in [0.05, 0.1) is 12.6 Å². The quantitative estimate of drug-likeness (QED) is 0.842. The summed E-state index contributed by atoms with van der Waals surface area (Å²) < 4.78 is 27.8. The molecule has 0 aliphatic rings. The normalized spacial score (nSPS) is 11.6. The Kier molecular flexibility index (Phi) is 2.53. The molecule has 2 N–H and O–H groups in total. The van der Waals surface area contributed by atoms with Crippen molar-refractivity contribution >= 4 is 20.9 Å². The number of primary sulfonamides is 1. The first-order valence-electron chi connectivity index (χ1n) is 4.48. The van der Waals surface area contributed by atoms with Gasteiger partial charge in [-0.3, -0.25) is 4.98 Å². The minimum atomic E-state index is -3.77. The zero-order valence-corrected chi connectivity index (χ0v) is 9.36. The number of hydrogen-bond donors (Lipinski definition) is 1. The average Bonchev–Trinajstić information content (AvgIpc) is 2.26. The van der Waals surface area contributed by atoms with E-state index in [1.807, 2.05) is 0 Å². The third kappa shape index (κ3) is 1.72. The molecule has 2 rings (SSSR count). The number of rotatable bonds is 2. The first-order chi connectivity index (χ1) is 7.54. The van der Waals surface area contributed by atoms with Crippen LogP contribution in [0.2, 0.25) is 0 Å². The molecule has 0 amide bonds. The monoisotopic (exact) mass is 238 g/mol.